The Labute approximate surface area is 137 Å². The third-order valence-corrected chi connectivity index (χ3v) is 5.89. The number of hydrogen-bond donors (Lipinski definition) is 1. The number of rotatable bonds is 6. The summed E-state index contributed by atoms with van der Waals surface area (Å²) in [5.74, 6) is 0.185. The topological polar surface area (TPSA) is 72.2 Å². The zero-order valence-electron chi connectivity index (χ0n) is 13.3. The van der Waals surface area contributed by atoms with Gasteiger partial charge < -0.3 is 4.52 Å². The normalized spacial score (nSPS) is 17.4. The van der Waals surface area contributed by atoms with Crippen LogP contribution in [0.5, 0.6) is 0 Å². The molecule has 0 radical (unpaired) electrons. The lowest BCUT2D eigenvalue weighted by Gasteiger charge is -2.30. The van der Waals surface area contributed by atoms with Crippen LogP contribution in [0.15, 0.2) is 41.1 Å². The molecule has 0 bridgehead atoms. The van der Waals surface area contributed by atoms with Gasteiger partial charge in [0.15, 0.2) is 5.76 Å². The van der Waals surface area contributed by atoms with Crippen LogP contribution in [0, 0.1) is 6.92 Å². The maximum Gasteiger partial charge on any atom is 0.219 e. The minimum atomic E-state index is -3.43. The minimum Gasteiger partial charge on any atom is -0.360 e. The molecule has 1 aliphatic carbocycles. The predicted octanol–water partition coefficient (Wildman–Crippen LogP) is 2.91. The first-order chi connectivity index (χ1) is 11.0. The summed E-state index contributed by atoms with van der Waals surface area (Å²) in [6.45, 7) is 2.51. The van der Waals surface area contributed by atoms with Crippen LogP contribution in [0.4, 0.5) is 0 Å². The van der Waals surface area contributed by atoms with Gasteiger partial charge in [-0.25, -0.2) is 13.1 Å². The number of aromatic nitrogens is 1. The lowest BCUT2D eigenvalue weighted by molar-refractivity contribution is 0.391. The molecule has 0 atom stereocenters. The minimum absolute atomic E-state index is 0.0967. The van der Waals surface area contributed by atoms with E-state index >= 15 is 0 Å². The van der Waals surface area contributed by atoms with Gasteiger partial charge in [0.2, 0.25) is 10.0 Å². The lowest BCUT2D eigenvalue weighted by atomic mass is 9.78. The Morgan fingerprint density at radius 2 is 2.04 bits per heavy atom. The average molecular weight is 334 g/mol. The van der Waals surface area contributed by atoms with Crippen molar-refractivity contribution in [3.05, 3.63) is 53.4 Å². The van der Waals surface area contributed by atoms with Gasteiger partial charge in [0.05, 0.1) is 6.20 Å². The molecule has 0 saturated heterocycles. The van der Waals surface area contributed by atoms with E-state index in [-0.39, 0.29) is 11.2 Å². The molecule has 3 rings (SSSR count). The number of nitrogens with one attached hydrogen (secondary N) is 1. The number of hydrogen-bond acceptors (Lipinski definition) is 4. The van der Waals surface area contributed by atoms with Gasteiger partial charge in [-0.15, -0.1) is 0 Å². The zero-order chi connectivity index (χ0) is 16.3. The highest BCUT2D eigenvalue weighted by atomic mass is 32.2. The summed E-state index contributed by atoms with van der Waals surface area (Å²) >= 11 is 0. The van der Waals surface area contributed by atoms with Crippen molar-refractivity contribution in [3.63, 3.8) is 0 Å². The smallest absolute Gasteiger partial charge is 0.219 e. The van der Waals surface area contributed by atoms with E-state index in [1.54, 1.807) is 6.07 Å². The van der Waals surface area contributed by atoms with E-state index < -0.39 is 10.0 Å². The number of nitrogens with zero attached hydrogens (tertiary/aromatic N) is 1. The average Bonchev–Trinajstić information content (AvgIpc) is 3.17. The van der Waals surface area contributed by atoms with E-state index in [0.29, 0.717) is 12.3 Å². The summed E-state index contributed by atoms with van der Waals surface area (Å²) in [6, 6.07) is 9.98. The monoisotopic (exact) mass is 334 g/mol. The second kappa shape index (κ2) is 6.45. The molecule has 1 fully saturated rings. The molecule has 0 spiro atoms. The van der Waals surface area contributed by atoms with Crippen molar-refractivity contribution >= 4 is 10.0 Å². The SMILES string of the molecule is Cc1cccc(C2(CNS(=O)(=O)Cc3ccno3)CCCC2)c1. The van der Waals surface area contributed by atoms with Crippen LogP contribution in [0.3, 0.4) is 0 Å². The Balaban J connectivity index is 1.75. The Morgan fingerprint density at radius 1 is 1.26 bits per heavy atom. The molecule has 1 saturated carbocycles. The molecule has 1 heterocycles. The van der Waals surface area contributed by atoms with Crippen LogP contribution in [0.2, 0.25) is 0 Å². The van der Waals surface area contributed by atoms with Crippen molar-refractivity contribution < 1.29 is 12.9 Å². The first-order valence-electron chi connectivity index (χ1n) is 7.93. The Morgan fingerprint density at radius 3 is 2.70 bits per heavy atom. The summed E-state index contributed by atoms with van der Waals surface area (Å²) in [7, 11) is -3.43. The van der Waals surface area contributed by atoms with Gasteiger partial charge in [0.1, 0.15) is 5.75 Å². The molecule has 1 aliphatic rings. The molecule has 0 amide bonds. The molecular formula is C17H22N2O3S. The van der Waals surface area contributed by atoms with Crippen LogP contribution in [-0.4, -0.2) is 20.1 Å². The fourth-order valence-corrected chi connectivity index (χ4v) is 4.52. The standard InChI is InChI=1S/C17H22N2O3S/c1-14-5-4-6-15(11-14)17(8-2-3-9-17)13-19-23(20,21)12-16-7-10-18-22-16/h4-7,10-11,19H,2-3,8-9,12-13H2,1H3. The molecule has 124 valence electrons. The molecule has 5 nitrogen and oxygen atoms in total. The van der Waals surface area contributed by atoms with Gasteiger partial charge >= 0.3 is 0 Å². The van der Waals surface area contributed by atoms with Crippen molar-refractivity contribution in [1.29, 1.82) is 0 Å². The number of benzene rings is 1. The molecule has 23 heavy (non-hydrogen) atoms. The second-order valence-corrected chi connectivity index (χ2v) is 8.22. The van der Waals surface area contributed by atoms with Crippen LogP contribution < -0.4 is 4.72 Å². The van der Waals surface area contributed by atoms with Crippen LogP contribution in [-0.2, 0) is 21.2 Å². The van der Waals surface area contributed by atoms with Gasteiger partial charge in [0.25, 0.3) is 0 Å². The summed E-state index contributed by atoms with van der Waals surface area (Å²) < 4.78 is 32.3. The third-order valence-electron chi connectivity index (χ3n) is 4.65. The Bertz CT molecular complexity index is 748. The molecule has 0 aliphatic heterocycles. The quantitative estimate of drug-likeness (QED) is 0.881. The van der Waals surface area contributed by atoms with Crippen LogP contribution in [0.25, 0.3) is 0 Å². The molecule has 2 aromatic rings. The number of aryl methyl sites for hydroxylation is 1. The van der Waals surface area contributed by atoms with Gasteiger partial charge in [0, 0.05) is 18.0 Å². The maximum absolute atomic E-state index is 12.3. The van der Waals surface area contributed by atoms with E-state index in [1.807, 2.05) is 6.07 Å². The van der Waals surface area contributed by atoms with Crippen molar-refractivity contribution in [3.8, 4) is 0 Å². The maximum atomic E-state index is 12.3. The van der Waals surface area contributed by atoms with E-state index in [9.17, 15) is 8.42 Å². The summed E-state index contributed by atoms with van der Waals surface area (Å²) in [5, 5.41) is 3.55. The highest BCUT2D eigenvalue weighted by molar-refractivity contribution is 7.88. The first-order valence-corrected chi connectivity index (χ1v) is 9.58. The van der Waals surface area contributed by atoms with E-state index in [0.717, 1.165) is 25.7 Å². The lowest BCUT2D eigenvalue weighted by Crippen LogP contribution is -2.39. The Hall–Kier alpha value is -1.66. The molecule has 0 unspecified atom stereocenters. The fraction of sp³-hybridized carbons (Fsp3) is 0.471. The Kier molecular flexibility index (Phi) is 4.55. The first kappa shape index (κ1) is 16.2. The van der Waals surface area contributed by atoms with Crippen molar-refractivity contribution in [1.82, 2.24) is 9.88 Å². The summed E-state index contributed by atoms with van der Waals surface area (Å²) in [6.07, 6.45) is 5.76. The van der Waals surface area contributed by atoms with Gasteiger partial charge in [-0.1, -0.05) is 47.8 Å². The zero-order valence-corrected chi connectivity index (χ0v) is 14.1. The highest BCUT2D eigenvalue weighted by Crippen LogP contribution is 2.41. The van der Waals surface area contributed by atoms with Gasteiger partial charge in [-0.3, -0.25) is 0 Å². The largest absolute Gasteiger partial charge is 0.360 e. The van der Waals surface area contributed by atoms with Crippen molar-refractivity contribution in [2.24, 2.45) is 0 Å². The molecule has 6 heteroatoms. The second-order valence-electron chi connectivity index (χ2n) is 6.42. The summed E-state index contributed by atoms with van der Waals surface area (Å²) in [5.41, 5.74) is 2.34. The van der Waals surface area contributed by atoms with E-state index in [2.05, 4.69) is 35.0 Å². The predicted molar refractivity (Wildman–Crippen MR) is 88.5 cm³/mol. The van der Waals surface area contributed by atoms with Crippen LogP contribution >= 0.6 is 0 Å². The summed E-state index contributed by atoms with van der Waals surface area (Å²) in [4.78, 5) is 0. The van der Waals surface area contributed by atoms with E-state index in [4.69, 9.17) is 4.52 Å². The number of sulfonamides is 1. The molecular weight excluding hydrogens is 312 g/mol. The fourth-order valence-electron chi connectivity index (χ4n) is 3.40. The van der Waals surface area contributed by atoms with Crippen LogP contribution in [0.1, 0.15) is 42.6 Å². The van der Waals surface area contributed by atoms with Gasteiger partial charge in [-0.2, -0.15) is 0 Å². The molecule has 1 N–H and O–H groups in total. The van der Waals surface area contributed by atoms with E-state index in [1.165, 1.54) is 17.3 Å². The van der Waals surface area contributed by atoms with Crippen molar-refractivity contribution in [2.75, 3.05) is 6.54 Å². The molecule has 1 aromatic carbocycles. The van der Waals surface area contributed by atoms with Gasteiger partial charge in [-0.05, 0) is 25.3 Å². The molecule has 1 aromatic heterocycles. The van der Waals surface area contributed by atoms with Crippen molar-refractivity contribution in [2.45, 2.75) is 43.8 Å². The third kappa shape index (κ3) is 3.82. The highest BCUT2D eigenvalue weighted by Gasteiger charge is 2.36.